The number of nitrogens with one attached hydrogen (secondary N) is 1. The maximum absolute atomic E-state index is 12.2. The van der Waals surface area contributed by atoms with Gasteiger partial charge in [-0.25, -0.2) is 4.98 Å². The van der Waals surface area contributed by atoms with Crippen LogP contribution in [0, 0.1) is 0 Å². The SMILES string of the molecule is O=C(COc1ccc(Cl)cc1Cl)Nc1nc2c(s1)CN(Cc1ccccc1)CC2. The molecule has 0 saturated heterocycles. The summed E-state index contributed by atoms with van der Waals surface area (Å²) in [5.41, 5.74) is 2.36. The first-order valence-electron chi connectivity index (χ1n) is 9.19. The smallest absolute Gasteiger partial charge is 0.264 e. The predicted octanol–water partition coefficient (Wildman–Crippen LogP) is 5.03. The summed E-state index contributed by atoms with van der Waals surface area (Å²) >= 11 is 13.4. The first-order valence-corrected chi connectivity index (χ1v) is 10.8. The number of carbonyl (C=O) groups excluding carboxylic acids is 1. The molecule has 1 aliphatic heterocycles. The fraction of sp³-hybridized carbons (Fsp3) is 0.238. The van der Waals surface area contributed by atoms with Crippen LogP contribution in [0.1, 0.15) is 16.1 Å². The van der Waals surface area contributed by atoms with Crippen LogP contribution in [0.15, 0.2) is 48.5 Å². The molecule has 4 rings (SSSR count). The van der Waals surface area contributed by atoms with Crippen molar-refractivity contribution in [3.05, 3.63) is 74.7 Å². The lowest BCUT2D eigenvalue weighted by atomic mass is 10.1. The second-order valence-electron chi connectivity index (χ2n) is 6.75. The summed E-state index contributed by atoms with van der Waals surface area (Å²) in [5.74, 6) is 0.143. The summed E-state index contributed by atoms with van der Waals surface area (Å²) in [5, 5.41) is 4.31. The third-order valence-electron chi connectivity index (χ3n) is 4.56. The van der Waals surface area contributed by atoms with E-state index < -0.39 is 0 Å². The predicted molar refractivity (Wildman–Crippen MR) is 117 cm³/mol. The van der Waals surface area contributed by atoms with Gasteiger partial charge in [0.05, 0.1) is 10.7 Å². The quantitative estimate of drug-likeness (QED) is 0.575. The zero-order valence-corrected chi connectivity index (χ0v) is 17.9. The standard InChI is InChI=1S/C21H19Cl2N3O2S/c22-15-6-7-18(16(23)10-15)28-13-20(27)25-21-24-17-8-9-26(12-19(17)29-21)11-14-4-2-1-3-5-14/h1-7,10H,8-9,11-13H2,(H,24,25,27). The van der Waals surface area contributed by atoms with Gasteiger partial charge in [-0.2, -0.15) is 0 Å². The summed E-state index contributed by atoms with van der Waals surface area (Å²) < 4.78 is 5.48. The highest BCUT2D eigenvalue weighted by atomic mass is 35.5. The molecule has 0 aliphatic carbocycles. The topological polar surface area (TPSA) is 54.5 Å². The number of halogens is 2. The van der Waals surface area contributed by atoms with E-state index in [9.17, 15) is 4.79 Å². The minimum absolute atomic E-state index is 0.147. The minimum atomic E-state index is -0.275. The molecule has 2 heterocycles. The van der Waals surface area contributed by atoms with E-state index >= 15 is 0 Å². The van der Waals surface area contributed by atoms with Crippen LogP contribution in [-0.2, 0) is 24.3 Å². The minimum Gasteiger partial charge on any atom is -0.482 e. The van der Waals surface area contributed by atoms with Gasteiger partial charge in [0.2, 0.25) is 0 Å². The second kappa shape index (κ2) is 9.13. The number of thiazole rings is 1. The molecule has 0 spiro atoms. The van der Waals surface area contributed by atoms with Crippen LogP contribution in [0.5, 0.6) is 5.75 Å². The summed E-state index contributed by atoms with van der Waals surface area (Å²) in [6, 6.07) is 15.3. The molecule has 0 unspecified atom stereocenters. The number of aromatic nitrogens is 1. The van der Waals surface area contributed by atoms with Gasteiger partial charge in [-0.15, -0.1) is 11.3 Å². The molecule has 8 heteroatoms. The molecule has 1 aliphatic rings. The maximum Gasteiger partial charge on any atom is 0.264 e. The van der Waals surface area contributed by atoms with E-state index in [2.05, 4.69) is 39.5 Å². The molecular formula is C21H19Cl2N3O2S. The largest absolute Gasteiger partial charge is 0.482 e. The van der Waals surface area contributed by atoms with Crippen LogP contribution >= 0.6 is 34.5 Å². The summed E-state index contributed by atoms with van der Waals surface area (Å²) in [6.45, 7) is 2.56. The van der Waals surface area contributed by atoms with Gasteiger partial charge in [0.15, 0.2) is 11.7 Å². The second-order valence-corrected chi connectivity index (χ2v) is 8.67. The van der Waals surface area contributed by atoms with Crippen LogP contribution in [0.25, 0.3) is 0 Å². The summed E-state index contributed by atoms with van der Waals surface area (Å²) in [7, 11) is 0. The highest BCUT2D eigenvalue weighted by Crippen LogP contribution is 2.30. The van der Waals surface area contributed by atoms with Crippen molar-refractivity contribution >= 4 is 45.6 Å². The van der Waals surface area contributed by atoms with Crippen LogP contribution < -0.4 is 10.1 Å². The Bertz CT molecular complexity index is 1010. The van der Waals surface area contributed by atoms with Gasteiger partial charge in [-0.1, -0.05) is 53.5 Å². The number of anilines is 1. The van der Waals surface area contributed by atoms with E-state index in [1.165, 1.54) is 21.8 Å². The van der Waals surface area contributed by atoms with E-state index in [-0.39, 0.29) is 12.5 Å². The van der Waals surface area contributed by atoms with Gasteiger partial charge in [0.1, 0.15) is 5.75 Å². The van der Waals surface area contributed by atoms with Crippen molar-refractivity contribution in [3.63, 3.8) is 0 Å². The number of rotatable bonds is 6. The van der Waals surface area contributed by atoms with Crippen molar-refractivity contribution in [2.24, 2.45) is 0 Å². The van der Waals surface area contributed by atoms with Crippen molar-refractivity contribution in [2.75, 3.05) is 18.5 Å². The van der Waals surface area contributed by atoms with Crippen molar-refractivity contribution in [2.45, 2.75) is 19.5 Å². The molecular weight excluding hydrogens is 429 g/mol. The van der Waals surface area contributed by atoms with Gasteiger partial charge >= 0.3 is 0 Å². The summed E-state index contributed by atoms with van der Waals surface area (Å²) in [6.07, 6.45) is 0.880. The average molecular weight is 448 g/mol. The fourth-order valence-electron chi connectivity index (χ4n) is 3.17. The number of benzene rings is 2. The molecule has 0 bridgehead atoms. The Morgan fingerprint density at radius 1 is 1.21 bits per heavy atom. The van der Waals surface area contributed by atoms with Gasteiger partial charge in [-0.3, -0.25) is 15.0 Å². The first-order chi connectivity index (χ1) is 14.1. The van der Waals surface area contributed by atoms with Crippen molar-refractivity contribution in [1.29, 1.82) is 0 Å². The highest BCUT2D eigenvalue weighted by molar-refractivity contribution is 7.15. The van der Waals surface area contributed by atoms with Crippen LogP contribution in [-0.4, -0.2) is 28.9 Å². The normalized spacial score (nSPS) is 13.7. The monoisotopic (exact) mass is 447 g/mol. The number of carbonyl (C=O) groups is 1. The van der Waals surface area contributed by atoms with Crippen molar-refractivity contribution in [1.82, 2.24) is 9.88 Å². The Balaban J connectivity index is 1.32. The maximum atomic E-state index is 12.2. The zero-order chi connectivity index (χ0) is 20.2. The molecule has 150 valence electrons. The molecule has 0 saturated carbocycles. The van der Waals surface area contributed by atoms with Gasteiger partial charge in [0.25, 0.3) is 5.91 Å². The van der Waals surface area contributed by atoms with Crippen molar-refractivity contribution in [3.8, 4) is 5.75 Å². The molecule has 0 radical (unpaired) electrons. The molecule has 0 fully saturated rings. The Labute approximate surface area is 183 Å². The van der Waals surface area contributed by atoms with E-state index in [1.807, 2.05) is 6.07 Å². The number of amides is 1. The Hall–Kier alpha value is -2.12. The molecule has 5 nitrogen and oxygen atoms in total. The van der Waals surface area contributed by atoms with Crippen LogP contribution in [0.4, 0.5) is 5.13 Å². The van der Waals surface area contributed by atoms with Gasteiger partial charge in [0, 0.05) is 36.0 Å². The number of ether oxygens (including phenoxy) is 1. The summed E-state index contributed by atoms with van der Waals surface area (Å²) in [4.78, 5) is 20.4. The number of fused-ring (bicyclic) bond motifs is 1. The first kappa shape index (κ1) is 20.2. The molecule has 3 aromatic rings. The Morgan fingerprint density at radius 3 is 2.83 bits per heavy atom. The number of hydrogen-bond acceptors (Lipinski definition) is 5. The average Bonchev–Trinajstić information content (AvgIpc) is 3.09. The third kappa shape index (κ3) is 5.28. The number of hydrogen-bond donors (Lipinski definition) is 1. The third-order valence-corrected chi connectivity index (χ3v) is 6.09. The lowest BCUT2D eigenvalue weighted by molar-refractivity contribution is -0.118. The Morgan fingerprint density at radius 2 is 2.03 bits per heavy atom. The van der Waals surface area contributed by atoms with Gasteiger partial charge in [-0.05, 0) is 23.8 Å². The highest BCUT2D eigenvalue weighted by Gasteiger charge is 2.21. The zero-order valence-electron chi connectivity index (χ0n) is 15.5. The molecule has 1 aromatic heterocycles. The molecule has 1 N–H and O–H groups in total. The van der Waals surface area contributed by atoms with E-state index in [0.29, 0.717) is 20.9 Å². The lowest BCUT2D eigenvalue weighted by Crippen LogP contribution is -2.29. The van der Waals surface area contributed by atoms with E-state index in [0.717, 1.165) is 31.7 Å². The number of nitrogens with zero attached hydrogens (tertiary/aromatic N) is 2. The molecule has 2 aromatic carbocycles. The lowest BCUT2D eigenvalue weighted by Gasteiger charge is -2.25. The Kier molecular flexibility index (Phi) is 6.35. The molecule has 0 atom stereocenters. The fourth-order valence-corrected chi connectivity index (χ4v) is 4.70. The molecule has 29 heavy (non-hydrogen) atoms. The van der Waals surface area contributed by atoms with Gasteiger partial charge < -0.3 is 4.74 Å². The van der Waals surface area contributed by atoms with E-state index in [1.54, 1.807) is 18.2 Å². The molecule has 1 amide bonds. The van der Waals surface area contributed by atoms with Crippen LogP contribution in [0.3, 0.4) is 0 Å². The van der Waals surface area contributed by atoms with E-state index in [4.69, 9.17) is 27.9 Å². The van der Waals surface area contributed by atoms with Crippen LogP contribution in [0.2, 0.25) is 10.0 Å². The van der Waals surface area contributed by atoms with Crippen molar-refractivity contribution < 1.29 is 9.53 Å².